The van der Waals surface area contributed by atoms with Crippen LogP contribution in [0.1, 0.15) is 26.2 Å². The molecule has 1 aliphatic rings. The number of H-pyrrole nitrogens is 1. The molecular formula is C22H24N2O4. The number of benzene rings is 1. The number of nitrogens with zero attached hydrogens (tertiary/aromatic N) is 1. The minimum Gasteiger partial charge on any atom is -0.478 e. The first-order valence-electron chi connectivity index (χ1n) is 9.73. The van der Waals surface area contributed by atoms with Crippen LogP contribution in [0, 0.1) is 0 Å². The van der Waals surface area contributed by atoms with Gasteiger partial charge in [0.2, 0.25) is 5.88 Å². The van der Waals surface area contributed by atoms with Crippen molar-refractivity contribution in [1.29, 1.82) is 0 Å². The normalized spacial score (nSPS) is 16.8. The highest BCUT2D eigenvalue weighted by atomic mass is 16.5. The molecule has 2 aromatic heterocycles. The number of hydrogen-bond donors (Lipinski definition) is 1. The Morgan fingerprint density at radius 1 is 1.14 bits per heavy atom. The zero-order valence-corrected chi connectivity index (χ0v) is 15.9. The van der Waals surface area contributed by atoms with Gasteiger partial charge in [-0.15, -0.1) is 0 Å². The lowest BCUT2D eigenvalue weighted by atomic mass is 10.1. The van der Waals surface area contributed by atoms with E-state index in [9.17, 15) is 4.79 Å². The summed E-state index contributed by atoms with van der Waals surface area (Å²) in [5.74, 6) is 1.06. The Kier molecular flexibility index (Phi) is 5.58. The van der Waals surface area contributed by atoms with Gasteiger partial charge in [-0.05, 0) is 49.9 Å². The average Bonchev–Trinajstić information content (AvgIpc) is 2.73. The van der Waals surface area contributed by atoms with Gasteiger partial charge in [0.05, 0.1) is 18.2 Å². The molecule has 1 unspecified atom stereocenters. The molecule has 0 spiro atoms. The first-order valence-corrected chi connectivity index (χ1v) is 9.73. The van der Waals surface area contributed by atoms with Gasteiger partial charge in [0.25, 0.3) is 0 Å². The molecule has 1 fully saturated rings. The molecule has 6 nitrogen and oxygen atoms in total. The zero-order valence-electron chi connectivity index (χ0n) is 15.9. The van der Waals surface area contributed by atoms with Gasteiger partial charge in [-0.1, -0.05) is 6.07 Å². The van der Waals surface area contributed by atoms with Crippen LogP contribution < -0.4 is 14.9 Å². The topological polar surface area (TPSA) is 73.4 Å². The van der Waals surface area contributed by atoms with Crippen molar-refractivity contribution >= 4 is 10.9 Å². The van der Waals surface area contributed by atoms with E-state index in [1.165, 1.54) is 6.07 Å². The summed E-state index contributed by atoms with van der Waals surface area (Å²) in [6, 6.07) is 11.0. The maximum atomic E-state index is 12.5. The Balaban J connectivity index is 1.57. The molecule has 0 saturated carbocycles. The van der Waals surface area contributed by atoms with Crippen molar-refractivity contribution < 1.29 is 14.2 Å². The highest BCUT2D eigenvalue weighted by Crippen LogP contribution is 2.24. The van der Waals surface area contributed by atoms with Crippen LogP contribution in [0.25, 0.3) is 22.0 Å². The van der Waals surface area contributed by atoms with Crippen molar-refractivity contribution in [3.63, 3.8) is 0 Å². The smallest absolute Gasteiger partial charge is 0.213 e. The number of rotatable bonds is 6. The third-order valence-corrected chi connectivity index (χ3v) is 4.87. The van der Waals surface area contributed by atoms with E-state index >= 15 is 0 Å². The van der Waals surface area contributed by atoms with Gasteiger partial charge in [-0.3, -0.25) is 4.79 Å². The molecule has 1 N–H and O–H groups in total. The van der Waals surface area contributed by atoms with Crippen molar-refractivity contribution in [1.82, 2.24) is 9.97 Å². The van der Waals surface area contributed by atoms with Gasteiger partial charge in [-0.2, -0.15) is 0 Å². The van der Waals surface area contributed by atoms with Gasteiger partial charge in [0, 0.05) is 35.9 Å². The van der Waals surface area contributed by atoms with Crippen LogP contribution in [0.15, 0.2) is 47.4 Å². The van der Waals surface area contributed by atoms with E-state index in [0.717, 1.165) is 42.5 Å². The van der Waals surface area contributed by atoms with E-state index in [1.54, 1.807) is 6.20 Å². The Bertz CT molecular complexity index is 992. The second-order valence-corrected chi connectivity index (χ2v) is 6.88. The summed E-state index contributed by atoms with van der Waals surface area (Å²) >= 11 is 0. The monoisotopic (exact) mass is 380 g/mol. The standard InChI is InChI=1S/C22H24N2O4/c1-2-26-21-9-7-16(13-23-21)15-6-8-18-19(11-15)24-22(12-20(18)25)28-14-17-5-3-4-10-27-17/h6-9,11-13,17H,2-5,10,14H2,1H3,(H,24,25). The van der Waals surface area contributed by atoms with Crippen molar-refractivity contribution in [2.45, 2.75) is 32.3 Å². The molecule has 28 heavy (non-hydrogen) atoms. The minimum atomic E-state index is -0.0651. The van der Waals surface area contributed by atoms with Gasteiger partial charge in [0.1, 0.15) is 6.61 Å². The summed E-state index contributed by atoms with van der Waals surface area (Å²) in [6.07, 6.45) is 5.11. The molecule has 1 saturated heterocycles. The summed E-state index contributed by atoms with van der Waals surface area (Å²) in [5.41, 5.74) is 2.59. The zero-order chi connectivity index (χ0) is 19.3. The van der Waals surface area contributed by atoms with Crippen LogP contribution in [0.2, 0.25) is 0 Å². The summed E-state index contributed by atoms with van der Waals surface area (Å²) in [6.45, 7) is 3.74. The van der Waals surface area contributed by atoms with E-state index in [4.69, 9.17) is 14.2 Å². The Labute approximate surface area is 163 Å². The molecule has 0 bridgehead atoms. The van der Waals surface area contributed by atoms with Gasteiger partial charge in [0.15, 0.2) is 11.3 Å². The van der Waals surface area contributed by atoms with Crippen LogP contribution in [0.4, 0.5) is 0 Å². The van der Waals surface area contributed by atoms with E-state index < -0.39 is 0 Å². The molecule has 1 atom stereocenters. The second kappa shape index (κ2) is 8.44. The summed E-state index contributed by atoms with van der Waals surface area (Å²) < 4.78 is 16.9. The van der Waals surface area contributed by atoms with E-state index in [0.29, 0.717) is 30.4 Å². The maximum absolute atomic E-state index is 12.5. The third kappa shape index (κ3) is 4.17. The SMILES string of the molecule is CCOc1ccc(-c2ccc3c(=O)cc(OCC4CCCCO4)[nH]c3c2)cn1. The highest BCUT2D eigenvalue weighted by Gasteiger charge is 2.15. The molecule has 1 aromatic carbocycles. The molecule has 0 radical (unpaired) electrons. The molecule has 1 aliphatic heterocycles. The van der Waals surface area contributed by atoms with Crippen molar-refractivity contribution in [2.75, 3.05) is 19.8 Å². The maximum Gasteiger partial charge on any atom is 0.213 e. The molecule has 6 heteroatoms. The first-order chi connectivity index (χ1) is 13.7. The lowest BCUT2D eigenvalue weighted by molar-refractivity contribution is -0.0119. The molecule has 3 heterocycles. The fourth-order valence-electron chi connectivity index (χ4n) is 3.39. The van der Waals surface area contributed by atoms with E-state index in [-0.39, 0.29) is 11.5 Å². The largest absolute Gasteiger partial charge is 0.478 e. The molecule has 146 valence electrons. The number of aromatic amines is 1. The summed E-state index contributed by atoms with van der Waals surface area (Å²) in [7, 11) is 0. The van der Waals surface area contributed by atoms with Crippen LogP contribution in [-0.4, -0.2) is 35.9 Å². The van der Waals surface area contributed by atoms with Crippen molar-refractivity contribution in [3.05, 3.63) is 52.8 Å². The highest BCUT2D eigenvalue weighted by molar-refractivity contribution is 5.84. The van der Waals surface area contributed by atoms with Crippen LogP contribution >= 0.6 is 0 Å². The second-order valence-electron chi connectivity index (χ2n) is 6.88. The molecular weight excluding hydrogens is 356 g/mol. The van der Waals surface area contributed by atoms with Crippen molar-refractivity contribution in [3.8, 4) is 22.9 Å². The number of hydrogen-bond acceptors (Lipinski definition) is 5. The Hall–Kier alpha value is -2.86. The Morgan fingerprint density at radius 2 is 2.04 bits per heavy atom. The number of pyridine rings is 2. The third-order valence-electron chi connectivity index (χ3n) is 4.87. The number of aromatic nitrogens is 2. The predicted octanol–water partition coefficient (Wildman–Crippen LogP) is 3.94. The van der Waals surface area contributed by atoms with E-state index in [2.05, 4.69) is 9.97 Å². The van der Waals surface area contributed by atoms with E-state index in [1.807, 2.05) is 37.3 Å². The van der Waals surface area contributed by atoms with Crippen LogP contribution in [-0.2, 0) is 4.74 Å². The van der Waals surface area contributed by atoms with Gasteiger partial charge in [-0.25, -0.2) is 4.98 Å². The molecule has 0 aliphatic carbocycles. The number of nitrogens with one attached hydrogen (secondary N) is 1. The minimum absolute atomic E-state index is 0.0651. The molecule has 4 rings (SSSR count). The summed E-state index contributed by atoms with van der Waals surface area (Å²) in [4.78, 5) is 20.0. The van der Waals surface area contributed by atoms with Crippen LogP contribution in [0.5, 0.6) is 11.8 Å². The molecule has 3 aromatic rings. The summed E-state index contributed by atoms with van der Waals surface area (Å²) in [5, 5.41) is 0.629. The van der Waals surface area contributed by atoms with Crippen molar-refractivity contribution in [2.24, 2.45) is 0 Å². The number of fused-ring (bicyclic) bond motifs is 1. The van der Waals surface area contributed by atoms with Gasteiger partial charge >= 0.3 is 0 Å². The van der Waals surface area contributed by atoms with Crippen LogP contribution in [0.3, 0.4) is 0 Å². The lowest BCUT2D eigenvalue weighted by Gasteiger charge is -2.22. The molecule has 0 amide bonds. The quantitative estimate of drug-likeness (QED) is 0.701. The Morgan fingerprint density at radius 3 is 2.79 bits per heavy atom. The number of ether oxygens (including phenoxy) is 3. The average molecular weight is 380 g/mol. The fraction of sp³-hybridized carbons (Fsp3) is 0.364. The van der Waals surface area contributed by atoms with Gasteiger partial charge < -0.3 is 19.2 Å². The first kappa shape index (κ1) is 18.5. The lowest BCUT2D eigenvalue weighted by Crippen LogP contribution is -2.26. The fourth-order valence-corrected chi connectivity index (χ4v) is 3.39. The predicted molar refractivity (Wildman–Crippen MR) is 108 cm³/mol.